The van der Waals surface area contributed by atoms with Gasteiger partial charge in [-0.1, -0.05) is 43.3 Å². The molecule has 2 atom stereocenters. The molecule has 2 aromatic rings. The van der Waals surface area contributed by atoms with Gasteiger partial charge in [-0.05, 0) is 45.2 Å². The zero-order valence-electron chi connectivity index (χ0n) is 16.1. The Labute approximate surface area is 159 Å². The van der Waals surface area contributed by atoms with Crippen molar-refractivity contribution in [1.29, 1.82) is 5.26 Å². The second-order valence-corrected chi connectivity index (χ2v) is 8.30. The molecule has 0 aliphatic rings. The highest BCUT2D eigenvalue weighted by atomic mass is 32.2. The number of rotatable bonds is 6. The normalized spacial score (nSPS) is 14.5. The Bertz CT molecular complexity index is 839. The summed E-state index contributed by atoms with van der Waals surface area (Å²) in [5.41, 5.74) is 2.39. The largest absolute Gasteiger partial charge is 0.337 e. The van der Waals surface area contributed by atoms with Crippen LogP contribution in [0.3, 0.4) is 0 Å². The second-order valence-electron chi connectivity index (χ2n) is 6.99. The maximum absolute atomic E-state index is 12.6. The predicted molar refractivity (Wildman–Crippen MR) is 103 cm³/mol. The molecule has 1 N–H and O–H groups in total. The number of hydrogen-bond donors (Lipinski definition) is 1. The Balaban J connectivity index is 2.18. The SMILES string of the molecule is Cc1ccc(-n2cnnc2SC(C)C(=O)NC(C)(C#N)C(C)C)c(C)c1. The number of carbonyl (C=O) groups is 1. The van der Waals surface area contributed by atoms with E-state index in [1.54, 1.807) is 20.2 Å². The van der Waals surface area contributed by atoms with Gasteiger partial charge in [0.15, 0.2) is 5.16 Å². The molecule has 1 aromatic heterocycles. The van der Waals surface area contributed by atoms with Crippen molar-refractivity contribution in [3.8, 4) is 11.8 Å². The van der Waals surface area contributed by atoms with Gasteiger partial charge in [0.25, 0.3) is 0 Å². The Kier molecular flexibility index (Phi) is 6.09. The summed E-state index contributed by atoms with van der Waals surface area (Å²) in [6, 6.07) is 8.35. The molecule has 0 aliphatic carbocycles. The number of nitriles is 1. The van der Waals surface area contributed by atoms with Crippen LogP contribution in [-0.4, -0.2) is 31.5 Å². The number of nitrogens with one attached hydrogen (secondary N) is 1. The Morgan fingerprint density at radius 3 is 2.62 bits per heavy atom. The molecular weight excluding hydrogens is 346 g/mol. The summed E-state index contributed by atoms with van der Waals surface area (Å²) in [6.07, 6.45) is 1.65. The van der Waals surface area contributed by atoms with E-state index in [4.69, 9.17) is 0 Å². The molecule has 0 bridgehead atoms. The van der Waals surface area contributed by atoms with Gasteiger partial charge in [-0.3, -0.25) is 9.36 Å². The van der Waals surface area contributed by atoms with Crippen LogP contribution in [0.4, 0.5) is 0 Å². The highest BCUT2D eigenvalue weighted by molar-refractivity contribution is 8.00. The van der Waals surface area contributed by atoms with E-state index >= 15 is 0 Å². The van der Waals surface area contributed by atoms with Crippen molar-refractivity contribution in [2.24, 2.45) is 5.92 Å². The number of aromatic nitrogens is 3. The first-order valence-electron chi connectivity index (χ1n) is 8.55. The average molecular weight is 372 g/mol. The molecule has 0 fully saturated rings. The minimum absolute atomic E-state index is 0.00695. The van der Waals surface area contributed by atoms with Crippen molar-refractivity contribution in [2.75, 3.05) is 0 Å². The van der Waals surface area contributed by atoms with Gasteiger partial charge in [0.05, 0.1) is 17.0 Å². The van der Waals surface area contributed by atoms with Crippen LogP contribution in [0.2, 0.25) is 0 Å². The van der Waals surface area contributed by atoms with E-state index in [-0.39, 0.29) is 11.8 Å². The molecule has 0 radical (unpaired) electrons. The van der Waals surface area contributed by atoms with Crippen LogP contribution in [0.1, 0.15) is 38.8 Å². The zero-order valence-corrected chi connectivity index (χ0v) is 16.9. The summed E-state index contributed by atoms with van der Waals surface area (Å²) < 4.78 is 1.88. The molecule has 0 aliphatic heterocycles. The van der Waals surface area contributed by atoms with E-state index in [9.17, 15) is 10.1 Å². The summed E-state index contributed by atoms with van der Waals surface area (Å²) in [6.45, 7) is 11.5. The molecule has 138 valence electrons. The van der Waals surface area contributed by atoms with E-state index in [1.807, 2.05) is 44.4 Å². The third-order valence-electron chi connectivity index (χ3n) is 4.55. The Morgan fingerprint density at radius 2 is 2.04 bits per heavy atom. The number of benzene rings is 1. The number of amides is 1. The topological polar surface area (TPSA) is 83.6 Å². The fourth-order valence-electron chi connectivity index (χ4n) is 2.42. The molecule has 1 heterocycles. The lowest BCUT2D eigenvalue weighted by Gasteiger charge is -2.28. The van der Waals surface area contributed by atoms with Gasteiger partial charge < -0.3 is 5.32 Å². The number of nitrogens with zero attached hydrogens (tertiary/aromatic N) is 4. The van der Waals surface area contributed by atoms with Gasteiger partial charge in [0, 0.05) is 0 Å². The first kappa shape index (κ1) is 20.0. The van der Waals surface area contributed by atoms with Crippen molar-refractivity contribution in [2.45, 2.75) is 57.5 Å². The number of carbonyl (C=O) groups excluding carboxylic acids is 1. The fourth-order valence-corrected chi connectivity index (χ4v) is 3.25. The molecular formula is C19H25N5OS. The van der Waals surface area contributed by atoms with Gasteiger partial charge >= 0.3 is 0 Å². The molecule has 1 amide bonds. The lowest BCUT2D eigenvalue weighted by Crippen LogP contribution is -2.51. The number of hydrogen-bond acceptors (Lipinski definition) is 5. The summed E-state index contributed by atoms with van der Waals surface area (Å²) in [5, 5.41) is 20.6. The Hall–Kier alpha value is -2.33. The highest BCUT2D eigenvalue weighted by Crippen LogP contribution is 2.26. The third kappa shape index (κ3) is 4.25. The van der Waals surface area contributed by atoms with Gasteiger partial charge in [-0.25, -0.2) is 0 Å². The molecule has 2 unspecified atom stereocenters. The summed E-state index contributed by atoms with van der Waals surface area (Å²) in [7, 11) is 0. The number of thioether (sulfide) groups is 1. The first-order valence-corrected chi connectivity index (χ1v) is 9.43. The molecule has 6 nitrogen and oxygen atoms in total. The maximum Gasteiger partial charge on any atom is 0.234 e. The summed E-state index contributed by atoms with van der Waals surface area (Å²) in [4.78, 5) is 12.6. The molecule has 0 spiro atoms. The Morgan fingerprint density at radius 1 is 1.35 bits per heavy atom. The highest BCUT2D eigenvalue weighted by Gasteiger charge is 2.32. The lowest BCUT2D eigenvalue weighted by atomic mass is 9.90. The van der Waals surface area contributed by atoms with E-state index in [0.29, 0.717) is 5.16 Å². The van der Waals surface area contributed by atoms with Gasteiger partial charge in [0.2, 0.25) is 5.91 Å². The first-order chi connectivity index (χ1) is 12.2. The maximum atomic E-state index is 12.6. The summed E-state index contributed by atoms with van der Waals surface area (Å²) in [5.74, 6) is -0.185. The van der Waals surface area contributed by atoms with Crippen LogP contribution in [0, 0.1) is 31.1 Å². The van der Waals surface area contributed by atoms with Crippen LogP contribution >= 0.6 is 11.8 Å². The summed E-state index contributed by atoms with van der Waals surface area (Å²) >= 11 is 1.32. The zero-order chi connectivity index (χ0) is 19.5. The van der Waals surface area contributed by atoms with Crippen molar-refractivity contribution in [3.05, 3.63) is 35.7 Å². The standard InChI is InChI=1S/C19H25N5OS/c1-12(2)19(6,10-20)22-17(25)15(5)26-18-23-21-11-24(18)16-8-7-13(3)9-14(16)4/h7-9,11-12,15H,1-6H3,(H,22,25). The minimum Gasteiger partial charge on any atom is -0.337 e. The monoisotopic (exact) mass is 371 g/mol. The molecule has 0 saturated carbocycles. The van der Waals surface area contributed by atoms with Gasteiger partial charge in [-0.15, -0.1) is 10.2 Å². The smallest absolute Gasteiger partial charge is 0.234 e. The van der Waals surface area contributed by atoms with E-state index in [1.165, 1.54) is 17.3 Å². The number of aryl methyl sites for hydroxylation is 2. The molecule has 0 saturated heterocycles. The third-order valence-corrected chi connectivity index (χ3v) is 5.61. The van der Waals surface area contributed by atoms with Crippen molar-refractivity contribution < 1.29 is 4.79 Å². The lowest BCUT2D eigenvalue weighted by molar-refractivity contribution is -0.121. The van der Waals surface area contributed by atoms with Crippen LogP contribution in [0.5, 0.6) is 0 Å². The molecule has 1 aromatic carbocycles. The fraction of sp³-hybridized carbons (Fsp3) is 0.474. The molecule has 26 heavy (non-hydrogen) atoms. The van der Waals surface area contributed by atoms with Crippen molar-refractivity contribution >= 4 is 17.7 Å². The van der Waals surface area contributed by atoms with E-state index in [0.717, 1.165) is 11.3 Å². The van der Waals surface area contributed by atoms with E-state index in [2.05, 4.69) is 27.6 Å². The van der Waals surface area contributed by atoms with Gasteiger partial charge in [-0.2, -0.15) is 5.26 Å². The van der Waals surface area contributed by atoms with Crippen LogP contribution in [0.15, 0.2) is 29.7 Å². The quantitative estimate of drug-likeness (QED) is 0.787. The van der Waals surface area contributed by atoms with Gasteiger partial charge in [0.1, 0.15) is 11.9 Å². The minimum atomic E-state index is -0.896. The van der Waals surface area contributed by atoms with Crippen molar-refractivity contribution in [3.63, 3.8) is 0 Å². The predicted octanol–water partition coefficient (Wildman–Crippen LogP) is 3.42. The van der Waals surface area contributed by atoms with E-state index < -0.39 is 10.8 Å². The average Bonchev–Trinajstić information content (AvgIpc) is 3.02. The molecule has 7 heteroatoms. The van der Waals surface area contributed by atoms with Crippen LogP contribution in [0.25, 0.3) is 5.69 Å². The molecule has 2 rings (SSSR count). The van der Waals surface area contributed by atoms with Crippen LogP contribution < -0.4 is 5.32 Å². The second kappa shape index (κ2) is 7.92. The van der Waals surface area contributed by atoms with Crippen LogP contribution in [-0.2, 0) is 4.79 Å². The van der Waals surface area contributed by atoms with Crippen molar-refractivity contribution in [1.82, 2.24) is 20.1 Å².